The van der Waals surface area contributed by atoms with E-state index in [0.717, 1.165) is 22.8 Å². The van der Waals surface area contributed by atoms with Crippen molar-refractivity contribution in [2.24, 2.45) is 0 Å². The average Bonchev–Trinajstić information content (AvgIpc) is 3.36. The first-order valence-corrected chi connectivity index (χ1v) is 9.24. The second-order valence-corrected chi connectivity index (χ2v) is 6.57. The highest BCUT2D eigenvalue weighted by Crippen LogP contribution is 2.32. The van der Waals surface area contributed by atoms with Crippen LogP contribution in [0.1, 0.15) is 6.92 Å². The van der Waals surface area contributed by atoms with Crippen LogP contribution in [0.5, 0.6) is 0 Å². The predicted molar refractivity (Wildman–Crippen MR) is 111 cm³/mol. The van der Waals surface area contributed by atoms with Crippen molar-refractivity contribution >= 4 is 45.1 Å². The Labute approximate surface area is 168 Å². The molecule has 3 heterocycles. The van der Waals surface area contributed by atoms with Crippen LogP contribution in [0.3, 0.4) is 0 Å². The van der Waals surface area contributed by atoms with E-state index in [-0.39, 0.29) is 11.8 Å². The number of rotatable bonds is 5. The van der Waals surface area contributed by atoms with Gasteiger partial charge in [0.1, 0.15) is 0 Å². The van der Waals surface area contributed by atoms with Crippen LogP contribution in [0.4, 0.5) is 27.5 Å². The molecular formula is C20H16FN7O2. The lowest BCUT2D eigenvalue weighted by molar-refractivity contribution is 0.555. The minimum absolute atomic E-state index is 0.137. The van der Waals surface area contributed by atoms with Gasteiger partial charge in [-0.3, -0.25) is 10.1 Å². The molecule has 0 radical (unpaired) electrons. The van der Waals surface area contributed by atoms with E-state index in [1.807, 2.05) is 25.1 Å². The molecule has 150 valence electrons. The molecule has 0 bridgehead atoms. The average molecular weight is 405 g/mol. The zero-order valence-electron chi connectivity index (χ0n) is 15.8. The third kappa shape index (κ3) is 3.04. The molecule has 0 aliphatic heterocycles. The Morgan fingerprint density at radius 1 is 1.20 bits per heavy atom. The Hall–Kier alpha value is -4.21. The number of benzene rings is 2. The summed E-state index contributed by atoms with van der Waals surface area (Å²) in [7, 11) is 0. The Morgan fingerprint density at radius 2 is 2.10 bits per heavy atom. The molecule has 2 aromatic carbocycles. The number of hydrogen-bond acceptors (Lipinski definition) is 7. The highest BCUT2D eigenvalue weighted by Gasteiger charge is 2.18. The predicted octanol–water partition coefficient (Wildman–Crippen LogP) is 3.83. The van der Waals surface area contributed by atoms with Gasteiger partial charge in [0.2, 0.25) is 5.95 Å². The number of nitrogens with one attached hydrogen (secondary N) is 3. The van der Waals surface area contributed by atoms with Crippen LogP contribution in [0.25, 0.3) is 22.0 Å². The number of nitrogens with zero attached hydrogens (tertiary/aromatic N) is 4. The summed E-state index contributed by atoms with van der Waals surface area (Å²) in [4.78, 5) is 24.1. The maximum absolute atomic E-state index is 14.7. The molecule has 0 aliphatic carbocycles. The zero-order chi connectivity index (χ0) is 20.7. The lowest BCUT2D eigenvalue weighted by Gasteiger charge is -2.23. The molecular weight excluding hydrogens is 389 g/mol. The summed E-state index contributed by atoms with van der Waals surface area (Å²) in [5, 5.41) is 10.9. The zero-order valence-corrected chi connectivity index (χ0v) is 15.8. The van der Waals surface area contributed by atoms with E-state index < -0.39 is 11.6 Å². The third-order valence-corrected chi connectivity index (χ3v) is 4.73. The van der Waals surface area contributed by atoms with Gasteiger partial charge in [0.05, 0.1) is 29.1 Å². The Kier molecular flexibility index (Phi) is 4.16. The molecule has 0 spiro atoms. The number of hydrogen-bond donors (Lipinski definition) is 3. The molecule has 0 fully saturated rings. The van der Waals surface area contributed by atoms with Gasteiger partial charge in [-0.25, -0.2) is 14.2 Å². The fraction of sp³-hybridized carbons (Fsp3) is 0.100. The molecule has 3 aromatic heterocycles. The molecule has 30 heavy (non-hydrogen) atoms. The third-order valence-electron chi connectivity index (χ3n) is 4.73. The largest absolute Gasteiger partial charge is 0.417 e. The Bertz CT molecular complexity index is 1420. The van der Waals surface area contributed by atoms with E-state index in [1.165, 1.54) is 0 Å². The molecule has 0 saturated heterocycles. The van der Waals surface area contributed by atoms with Crippen molar-refractivity contribution in [1.82, 2.24) is 25.1 Å². The first-order valence-electron chi connectivity index (χ1n) is 9.24. The van der Waals surface area contributed by atoms with Gasteiger partial charge in [0.25, 0.3) is 0 Å². The van der Waals surface area contributed by atoms with E-state index in [4.69, 9.17) is 4.42 Å². The van der Waals surface area contributed by atoms with E-state index >= 15 is 0 Å². The molecule has 5 rings (SSSR count). The van der Waals surface area contributed by atoms with Gasteiger partial charge in [0, 0.05) is 23.7 Å². The number of fused-ring (bicyclic) bond motifs is 2. The highest BCUT2D eigenvalue weighted by atomic mass is 19.1. The molecule has 5 aromatic rings. The minimum Gasteiger partial charge on any atom is -0.408 e. The molecule has 10 heteroatoms. The van der Waals surface area contributed by atoms with Crippen molar-refractivity contribution in [2.75, 3.05) is 16.8 Å². The van der Waals surface area contributed by atoms with Gasteiger partial charge in [-0.2, -0.15) is 10.1 Å². The first-order chi connectivity index (χ1) is 14.6. The van der Waals surface area contributed by atoms with Crippen LogP contribution >= 0.6 is 0 Å². The van der Waals surface area contributed by atoms with Crippen molar-refractivity contribution in [3.63, 3.8) is 0 Å². The lowest BCUT2D eigenvalue weighted by Crippen LogP contribution is -2.20. The summed E-state index contributed by atoms with van der Waals surface area (Å²) >= 11 is 0. The van der Waals surface area contributed by atoms with E-state index in [9.17, 15) is 9.18 Å². The number of halogens is 1. The fourth-order valence-corrected chi connectivity index (χ4v) is 3.38. The van der Waals surface area contributed by atoms with Crippen LogP contribution in [0.15, 0.2) is 58.0 Å². The van der Waals surface area contributed by atoms with Crippen LogP contribution in [0.2, 0.25) is 0 Å². The van der Waals surface area contributed by atoms with Gasteiger partial charge < -0.3 is 14.6 Å². The van der Waals surface area contributed by atoms with E-state index in [2.05, 4.69) is 30.5 Å². The van der Waals surface area contributed by atoms with Crippen molar-refractivity contribution in [1.29, 1.82) is 0 Å². The van der Waals surface area contributed by atoms with Crippen LogP contribution < -0.4 is 16.0 Å². The van der Waals surface area contributed by atoms with Gasteiger partial charge in [0.15, 0.2) is 17.2 Å². The maximum atomic E-state index is 14.7. The van der Waals surface area contributed by atoms with E-state index in [0.29, 0.717) is 23.3 Å². The summed E-state index contributed by atoms with van der Waals surface area (Å²) in [6.45, 7) is 2.40. The summed E-state index contributed by atoms with van der Waals surface area (Å²) in [6.07, 6.45) is 2.82. The fourth-order valence-electron chi connectivity index (χ4n) is 3.38. The number of aromatic amines is 2. The molecule has 9 nitrogen and oxygen atoms in total. The van der Waals surface area contributed by atoms with Gasteiger partial charge in [-0.05, 0) is 31.2 Å². The Balaban J connectivity index is 1.53. The molecule has 0 unspecified atom stereocenters. The van der Waals surface area contributed by atoms with Gasteiger partial charge >= 0.3 is 5.76 Å². The van der Waals surface area contributed by atoms with Gasteiger partial charge in [-0.15, -0.1) is 0 Å². The lowest BCUT2D eigenvalue weighted by atomic mass is 10.2. The SMILES string of the molecule is CCN(c1nc(Nc2ccc3[nH]c(=O)oc3c2)ncc1F)c1cccc2[nH]ncc12. The summed E-state index contributed by atoms with van der Waals surface area (Å²) < 4.78 is 19.8. The topological polar surface area (TPSA) is 116 Å². The number of H-pyrrole nitrogens is 2. The van der Waals surface area contributed by atoms with Crippen LogP contribution in [-0.2, 0) is 0 Å². The number of oxazole rings is 1. The molecule has 0 atom stereocenters. The summed E-state index contributed by atoms with van der Waals surface area (Å²) in [5.74, 6) is -0.733. The molecule has 0 aliphatic rings. The quantitative estimate of drug-likeness (QED) is 0.407. The summed E-state index contributed by atoms with van der Waals surface area (Å²) in [6, 6.07) is 10.7. The van der Waals surface area contributed by atoms with Crippen molar-refractivity contribution < 1.29 is 8.81 Å². The second kappa shape index (κ2) is 6.99. The van der Waals surface area contributed by atoms with Crippen molar-refractivity contribution in [3.05, 3.63) is 65.2 Å². The number of anilines is 4. The molecule has 3 N–H and O–H groups in total. The monoisotopic (exact) mass is 405 g/mol. The number of aromatic nitrogens is 5. The van der Waals surface area contributed by atoms with Crippen LogP contribution in [-0.4, -0.2) is 31.7 Å². The summed E-state index contributed by atoms with van der Waals surface area (Å²) in [5.41, 5.74) is 3.21. The molecule has 0 amide bonds. The minimum atomic E-state index is -0.546. The van der Waals surface area contributed by atoms with Crippen molar-refractivity contribution in [3.8, 4) is 0 Å². The Morgan fingerprint density at radius 3 is 2.97 bits per heavy atom. The normalized spacial score (nSPS) is 11.3. The van der Waals surface area contributed by atoms with Gasteiger partial charge in [-0.1, -0.05) is 6.07 Å². The molecule has 0 saturated carbocycles. The maximum Gasteiger partial charge on any atom is 0.417 e. The second-order valence-electron chi connectivity index (χ2n) is 6.57. The van der Waals surface area contributed by atoms with E-state index in [1.54, 1.807) is 29.3 Å². The van der Waals surface area contributed by atoms with Crippen molar-refractivity contribution in [2.45, 2.75) is 6.92 Å². The van der Waals surface area contributed by atoms with Crippen LogP contribution in [0, 0.1) is 5.82 Å². The first kappa shape index (κ1) is 17.9. The highest BCUT2D eigenvalue weighted by molar-refractivity contribution is 5.93. The smallest absolute Gasteiger partial charge is 0.408 e. The standard InChI is InChI=1S/C20H16FN7O2/c1-2-28(16-5-3-4-14-12(16)9-23-27-14)18-13(21)10-22-19(26-18)24-11-6-7-15-17(8-11)30-20(29)25-15/h3-10H,2H2,1H3,(H,23,27)(H,25,29)(H,22,24,26).